The Morgan fingerprint density at radius 3 is 2.66 bits per heavy atom. The van der Waals surface area contributed by atoms with Crippen LogP contribution in [-0.4, -0.2) is 78.4 Å². The third-order valence-corrected chi connectivity index (χ3v) is 8.99. The Hall–Kier alpha value is -1.83. The molecule has 7 atom stereocenters. The second kappa shape index (κ2) is 7.08. The minimum absolute atomic E-state index is 0.0274. The number of rotatable bonds is 3. The van der Waals surface area contributed by atoms with Gasteiger partial charge in [0, 0.05) is 48.5 Å². The number of ether oxygens (including phenoxy) is 2. The Balaban J connectivity index is 1.86. The maximum atomic E-state index is 13.5. The molecule has 0 bridgehead atoms. The molecule has 1 N–H and O–H groups in total. The zero-order valence-electron chi connectivity index (χ0n) is 19.0. The van der Waals surface area contributed by atoms with Gasteiger partial charge in [0.15, 0.2) is 6.10 Å². The molecule has 1 aromatic rings. The van der Waals surface area contributed by atoms with E-state index in [1.165, 1.54) is 14.0 Å². The summed E-state index contributed by atoms with van der Waals surface area (Å²) in [6.45, 7) is 4.90. The Bertz CT molecular complexity index is 973. The number of hydrogen-bond acceptors (Lipinski definition) is 7. The zero-order chi connectivity index (χ0) is 23.1. The van der Waals surface area contributed by atoms with E-state index in [1.54, 1.807) is 0 Å². The topological polar surface area (TPSA) is 79.3 Å². The highest BCUT2D eigenvalue weighted by Gasteiger charge is 2.81. The van der Waals surface area contributed by atoms with Crippen LogP contribution < -0.4 is 4.90 Å². The van der Waals surface area contributed by atoms with E-state index in [1.807, 2.05) is 37.1 Å². The van der Waals surface area contributed by atoms with Gasteiger partial charge in [-0.1, -0.05) is 25.1 Å². The standard InChI is InChI=1S/C24H31ClN2O5/c1-5-22-12-15(25)13-27-11-10-23(18(22)27)16-8-6-7-9-17(16)26(3)19(23)24(30,21(29)31-4)20(22)32-14(2)28/h6-9,15,18-20,30H,5,10-13H2,1-4H3/t15-,18+,19-,20-,22-,23-,24+/m0/s1. The first-order chi connectivity index (χ1) is 15.2. The van der Waals surface area contributed by atoms with Crippen LogP contribution in [0.4, 0.5) is 5.69 Å². The summed E-state index contributed by atoms with van der Waals surface area (Å²) in [5.41, 5.74) is -1.15. The molecule has 5 rings (SSSR count). The molecule has 2 saturated heterocycles. The summed E-state index contributed by atoms with van der Waals surface area (Å²) in [4.78, 5) is 30.2. The molecular formula is C24H31ClN2O5. The third kappa shape index (κ3) is 2.40. The van der Waals surface area contributed by atoms with Crippen molar-refractivity contribution in [1.29, 1.82) is 0 Å². The number of esters is 2. The number of nitrogens with zero attached hydrogens (tertiary/aromatic N) is 2. The first-order valence-corrected chi connectivity index (χ1v) is 11.8. The monoisotopic (exact) mass is 462 g/mol. The second-order valence-electron chi connectivity index (χ2n) is 9.91. The molecule has 8 heteroatoms. The molecule has 1 aliphatic carbocycles. The zero-order valence-corrected chi connectivity index (χ0v) is 19.8. The van der Waals surface area contributed by atoms with Crippen molar-refractivity contribution >= 4 is 29.2 Å². The molecule has 0 radical (unpaired) electrons. The quantitative estimate of drug-likeness (QED) is 0.544. The van der Waals surface area contributed by atoms with E-state index in [4.69, 9.17) is 21.1 Å². The summed E-state index contributed by atoms with van der Waals surface area (Å²) in [6, 6.07) is 7.48. The molecule has 0 aromatic heterocycles. The predicted molar refractivity (Wildman–Crippen MR) is 120 cm³/mol. The highest BCUT2D eigenvalue weighted by atomic mass is 35.5. The second-order valence-corrected chi connectivity index (χ2v) is 10.5. The number of piperidine rings is 1. The molecule has 3 aliphatic heterocycles. The number of hydrogen-bond donors (Lipinski definition) is 1. The molecule has 1 aromatic carbocycles. The first kappa shape index (κ1) is 22.0. The lowest BCUT2D eigenvalue weighted by molar-refractivity contribution is -0.242. The number of likely N-dealkylation sites (N-methyl/N-ethyl adjacent to an activating group) is 1. The van der Waals surface area contributed by atoms with E-state index >= 15 is 0 Å². The molecular weight excluding hydrogens is 432 g/mol. The summed E-state index contributed by atoms with van der Waals surface area (Å²) >= 11 is 6.78. The molecule has 1 spiro atoms. The highest BCUT2D eigenvalue weighted by molar-refractivity contribution is 6.20. The molecule has 1 saturated carbocycles. The number of carbonyl (C=O) groups is 2. The summed E-state index contributed by atoms with van der Waals surface area (Å²) in [5.74, 6) is -1.30. The Morgan fingerprint density at radius 1 is 1.28 bits per heavy atom. The molecule has 4 aliphatic rings. The molecule has 0 unspecified atom stereocenters. The Labute approximate surface area is 193 Å². The van der Waals surface area contributed by atoms with Crippen molar-refractivity contribution in [1.82, 2.24) is 4.90 Å². The van der Waals surface area contributed by atoms with Gasteiger partial charge in [0.05, 0.1) is 13.2 Å². The minimum atomic E-state index is -2.05. The van der Waals surface area contributed by atoms with Gasteiger partial charge in [0.25, 0.3) is 0 Å². The van der Waals surface area contributed by atoms with Crippen LogP contribution >= 0.6 is 11.6 Å². The fourth-order valence-corrected chi connectivity index (χ4v) is 8.47. The predicted octanol–water partition coefficient (Wildman–Crippen LogP) is 2.07. The number of anilines is 1. The fourth-order valence-electron chi connectivity index (χ4n) is 8.01. The van der Waals surface area contributed by atoms with Gasteiger partial charge >= 0.3 is 11.9 Å². The van der Waals surface area contributed by atoms with Gasteiger partial charge in [-0.15, -0.1) is 11.6 Å². The summed E-state index contributed by atoms with van der Waals surface area (Å²) in [6.07, 6.45) is 0.854. The number of alkyl halides is 1. The fraction of sp³-hybridized carbons (Fsp3) is 0.667. The van der Waals surface area contributed by atoms with E-state index in [9.17, 15) is 14.7 Å². The van der Waals surface area contributed by atoms with E-state index < -0.39 is 40.5 Å². The maximum Gasteiger partial charge on any atom is 0.344 e. The lowest BCUT2D eigenvalue weighted by Crippen LogP contribution is -2.82. The van der Waals surface area contributed by atoms with Crippen molar-refractivity contribution in [2.75, 3.05) is 32.1 Å². The van der Waals surface area contributed by atoms with Gasteiger partial charge in [0.1, 0.15) is 0 Å². The smallest absolute Gasteiger partial charge is 0.344 e. The van der Waals surface area contributed by atoms with Crippen LogP contribution in [0.2, 0.25) is 0 Å². The Kier molecular flexibility index (Phi) is 4.87. The third-order valence-electron chi connectivity index (χ3n) is 8.70. The normalized spacial score (nSPS) is 42.1. The van der Waals surface area contributed by atoms with Gasteiger partial charge in [-0.25, -0.2) is 4.79 Å². The van der Waals surface area contributed by atoms with Crippen molar-refractivity contribution in [3.05, 3.63) is 29.8 Å². The molecule has 174 valence electrons. The number of methoxy groups -OCH3 is 1. The van der Waals surface area contributed by atoms with Crippen LogP contribution in [0.3, 0.4) is 0 Å². The van der Waals surface area contributed by atoms with E-state index in [2.05, 4.69) is 11.0 Å². The van der Waals surface area contributed by atoms with Crippen LogP contribution in [0, 0.1) is 5.41 Å². The minimum Gasteiger partial charge on any atom is -0.467 e. The first-order valence-electron chi connectivity index (χ1n) is 11.4. The number of para-hydroxylation sites is 1. The Morgan fingerprint density at radius 2 is 2.00 bits per heavy atom. The van der Waals surface area contributed by atoms with Crippen LogP contribution in [0.1, 0.15) is 38.7 Å². The van der Waals surface area contributed by atoms with Crippen LogP contribution in [0.25, 0.3) is 0 Å². The van der Waals surface area contributed by atoms with Crippen LogP contribution in [-0.2, 0) is 24.5 Å². The molecule has 7 nitrogen and oxygen atoms in total. The van der Waals surface area contributed by atoms with Crippen molar-refractivity contribution in [2.45, 2.75) is 67.7 Å². The summed E-state index contributed by atoms with van der Waals surface area (Å²) in [7, 11) is 3.18. The van der Waals surface area contributed by atoms with Crippen molar-refractivity contribution in [3.8, 4) is 0 Å². The van der Waals surface area contributed by atoms with Gasteiger partial charge in [-0.3, -0.25) is 9.69 Å². The van der Waals surface area contributed by atoms with E-state index in [-0.39, 0.29) is 11.4 Å². The van der Waals surface area contributed by atoms with Crippen LogP contribution in [0.15, 0.2) is 24.3 Å². The molecule has 0 amide bonds. The number of carbonyl (C=O) groups excluding carboxylic acids is 2. The highest BCUT2D eigenvalue weighted by Crippen LogP contribution is 2.68. The number of fused-ring (bicyclic) bond motifs is 1. The number of benzene rings is 1. The molecule has 3 fully saturated rings. The van der Waals surface area contributed by atoms with Crippen molar-refractivity contribution in [3.63, 3.8) is 0 Å². The summed E-state index contributed by atoms with van der Waals surface area (Å²) in [5, 5.41) is 12.3. The largest absolute Gasteiger partial charge is 0.467 e. The summed E-state index contributed by atoms with van der Waals surface area (Å²) < 4.78 is 11.1. The van der Waals surface area contributed by atoms with Gasteiger partial charge in [0.2, 0.25) is 5.60 Å². The van der Waals surface area contributed by atoms with E-state index in [0.717, 1.165) is 30.8 Å². The lowest BCUT2D eigenvalue weighted by atomic mass is 9.46. The average molecular weight is 463 g/mol. The van der Waals surface area contributed by atoms with Crippen molar-refractivity contribution < 1.29 is 24.2 Å². The number of aliphatic hydroxyl groups is 1. The van der Waals surface area contributed by atoms with Crippen molar-refractivity contribution in [2.24, 2.45) is 5.41 Å². The van der Waals surface area contributed by atoms with Crippen LogP contribution in [0.5, 0.6) is 0 Å². The number of halogens is 1. The maximum absolute atomic E-state index is 13.5. The lowest BCUT2D eigenvalue weighted by Gasteiger charge is -2.65. The van der Waals surface area contributed by atoms with E-state index in [0.29, 0.717) is 12.8 Å². The van der Waals surface area contributed by atoms with Gasteiger partial charge < -0.3 is 19.5 Å². The van der Waals surface area contributed by atoms with Gasteiger partial charge in [-0.2, -0.15) is 0 Å². The molecule has 32 heavy (non-hydrogen) atoms. The SMILES string of the molecule is CC[C@@]12C[C@H](Cl)CN3CC[C@]4(c5ccccc5N(C)[C@@H]4[C@](O)(C(=O)OC)[C@H]1OC(C)=O)[C@H]32. The molecule has 3 heterocycles. The average Bonchev–Trinajstić information content (AvgIpc) is 3.27. The van der Waals surface area contributed by atoms with Gasteiger partial charge in [-0.05, 0) is 37.4 Å².